The van der Waals surface area contributed by atoms with E-state index in [9.17, 15) is 4.79 Å². The number of para-hydroxylation sites is 2. The lowest BCUT2D eigenvalue weighted by molar-refractivity contribution is 0.848. The van der Waals surface area contributed by atoms with Crippen molar-refractivity contribution in [1.29, 1.82) is 0 Å². The molecule has 3 heterocycles. The molecule has 0 aliphatic carbocycles. The number of nitrogens with zero attached hydrogens (tertiary/aromatic N) is 2. The number of hydrogen-bond acceptors (Lipinski definition) is 1. The molecule has 0 saturated heterocycles. The van der Waals surface area contributed by atoms with Crippen LogP contribution >= 0.6 is 0 Å². The molecule has 5 rings (SSSR count). The van der Waals surface area contributed by atoms with Crippen LogP contribution in [-0.4, -0.2) is 8.97 Å². The summed E-state index contributed by atoms with van der Waals surface area (Å²) in [6.07, 6.45) is 4.23. The van der Waals surface area contributed by atoms with Crippen LogP contribution in [-0.2, 0) is 6.54 Å². The average molecular weight is 298 g/mol. The first kappa shape index (κ1) is 12.5. The van der Waals surface area contributed by atoms with Crippen LogP contribution in [0, 0.1) is 0 Å². The quantitative estimate of drug-likeness (QED) is 0.427. The monoisotopic (exact) mass is 298 g/mol. The summed E-state index contributed by atoms with van der Waals surface area (Å²) in [5.41, 5.74) is 6.57. The van der Waals surface area contributed by atoms with Gasteiger partial charge in [-0.15, -0.1) is 0 Å². The number of imidazole rings is 1. The van der Waals surface area contributed by atoms with Gasteiger partial charge in [0.25, 0.3) is 5.56 Å². The highest BCUT2D eigenvalue weighted by atomic mass is 16.1. The lowest BCUT2D eigenvalue weighted by Gasteiger charge is -2.13. The van der Waals surface area contributed by atoms with Crippen LogP contribution in [0.3, 0.4) is 0 Å². The lowest BCUT2D eigenvalue weighted by Crippen LogP contribution is -2.13. The van der Waals surface area contributed by atoms with Gasteiger partial charge in [0.1, 0.15) is 5.65 Å². The Balaban J connectivity index is 2.02. The molecule has 23 heavy (non-hydrogen) atoms. The average Bonchev–Trinajstić information content (AvgIpc) is 2.89. The van der Waals surface area contributed by atoms with E-state index < -0.39 is 0 Å². The van der Waals surface area contributed by atoms with E-state index in [1.807, 2.05) is 28.7 Å². The number of benzene rings is 2. The molecule has 0 bridgehead atoms. The van der Waals surface area contributed by atoms with E-state index in [0.717, 1.165) is 28.8 Å². The number of fused-ring (bicyclic) bond motifs is 4. The van der Waals surface area contributed by atoms with Crippen LogP contribution < -0.4 is 5.56 Å². The normalized spacial score (nSPS) is 14.4. The smallest absolute Gasteiger partial charge is 0.256 e. The van der Waals surface area contributed by atoms with Crippen molar-refractivity contribution in [3.05, 3.63) is 87.7 Å². The van der Waals surface area contributed by atoms with E-state index >= 15 is 0 Å². The molecule has 0 radical (unpaired) electrons. The molecule has 1 aliphatic heterocycles. The second-order valence-electron chi connectivity index (χ2n) is 5.89. The van der Waals surface area contributed by atoms with Gasteiger partial charge in [-0.3, -0.25) is 9.20 Å². The molecule has 0 atom stereocenters. The van der Waals surface area contributed by atoms with Gasteiger partial charge in [0.15, 0.2) is 0 Å². The van der Waals surface area contributed by atoms with Crippen LogP contribution in [0.25, 0.3) is 28.8 Å². The minimum Gasteiger partial charge on any atom is -0.321 e. The molecular formula is C20H14N2O. The van der Waals surface area contributed by atoms with E-state index in [-0.39, 0.29) is 5.56 Å². The first-order valence-corrected chi connectivity index (χ1v) is 7.72. The topological polar surface area (TPSA) is 26.4 Å². The van der Waals surface area contributed by atoms with Gasteiger partial charge in [0, 0.05) is 11.6 Å². The molecule has 0 spiro atoms. The molecule has 0 N–H and O–H groups in total. The Bertz CT molecular complexity index is 1160. The highest BCUT2D eigenvalue weighted by Gasteiger charge is 2.16. The Hall–Kier alpha value is -3.07. The minimum atomic E-state index is 0.0148. The van der Waals surface area contributed by atoms with Crippen molar-refractivity contribution in [3.63, 3.8) is 0 Å². The zero-order valence-corrected chi connectivity index (χ0v) is 12.4. The van der Waals surface area contributed by atoms with Crippen molar-refractivity contribution in [3.8, 4) is 0 Å². The van der Waals surface area contributed by atoms with Gasteiger partial charge in [-0.1, -0.05) is 48.6 Å². The summed E-state index contributed by atoms with van der Waals surface area (Å²) >= 11 is 0. The summed E-state index contributed by atoms with van der Waals surface area (Å²) in [6.45, 7) is 0.758. The third-order valence-corrected chi connectivity index (χ3v) is 4.59. The van der Waals surface area contributed by atoms with Crippen LogP contribution in [0.1, 0.15) is 16.7 Å². The molecule has 0 unspecified atom stereocenters. The Labute approximate surface area is 132 Å². The molecular weight excluding hydrogens is 284 g/mol. The lowest BCUT2D eigenvalue weighted by atomic mass is 10.0. The molecule has 3 heteroatoms. The first-order valence-electron chi connectivity index (χ1n) is 7.72. The Morgan fingerprint density at radius 2 is 1.48 bits per heavy atom. The fraction of sp³-hybridized carbons (Fsp3) is 0.0500. The molecule has 0 saturated carbocycles. The minimum absolute atomic E-state index is 0.0148. The molecule has 110 valence electrons. The van der Waals surface area contributed by atoms with Gasteiger partial charge < -0.3 is 4.57 Å². The number of aromatic nitrogens is 2. The van der Waals surface area contributed by atoms with E-state index in [1.54, 1.807) is 6.07 Å². The van der Waals surface area contributed by atoms with Crippen LogP contribution in [0.4, 0.5) is 0 Å². The van der Waals surface area contributed by atoms with Gasteiger partial charge in [0.05, 0.1) is 17.6 Å². The van der Waals surface area contributed by atoms with Crippen molar-refractivity contribution in [2.45, 2.75) is 6.54 Å². The fourth-order valence-corrected chi connectivity index (χ4v) is 3.53. The SMILES string of the molecule is O=c1ccc2c3n(c4ccccc4n13)Cc1ccccc1/C=C\2. The second kappa shape index (κ2) is 4.46. The maximum atomic E-state index is 12.5. The Morgan fingerprint density at radius 1 is 0.739 bits per heavy atom. The van der Waals surface area contributed by atoms with E-state index in [1.165, 1.54) is 11.1 Å². The van der Waals surface area contributed by atoms with Crippen molar-refractivity contribution in [2.24, 2.45) is 0 Å². The molecule has 1 aliphatic rings. The summed E-state index contributed by atoms with van der Waals surface area (Å²) in [7, 11) is 0. The van der Waals surface area contributed by atoms with Crippen LogP contribution in [0.15, 0.2) is 65.5 Å². The van der Waals surface area contributed by atoms with Gasteiger partial charge in [-0.05, 0) is 29.3 Å². The third kappa shape index (κ3) is 1.67. The van der Waals surface area contributed by atoms with Crippen LogP contribution in [0.5, 0.6) is 0 Å². The molecule has 2 aromatic heterocycles. The molecule has 4 aromatic rings. The van der Waals surface area contributed by atoms with Crippen molar-refractivity contribution in [2.75, 3.05) is 0 Å². The van der Waals surface area contributed by atoms with E-state index in [2.05, 4.69) is 47.1 Å². The molecule has 3 nitrogen and oxygen atoms in total. The Morgan fingerprint density at radius 3 is 2.39 bits per heavy atom. The number of rotatable bonds is 0. The predicted octanol–water partition coefficient (Wildman–Crippen LogP) is 3.79. The summed E-state index contributed by atoms with van der Waals surface area (Å²) in [4.78, 5) is 12.5. The second-order valence-corrected chi connectivity index (χ2v) is 5.89. The summed E-state index contributed by atoms with van der Waals surface area (Å²) in [6, 6.07) is 20.1. The van der Waals surface area contributed by atoms with E-state index in [0.29, 0.717) is 0 Å². The van der Waals surface area contributed by atoms with Gasteiger partial charge in [-0.2, -0.15) is 0 Å². The first-order chi connectivity index (χ1) is 11.3. The molecule has 0 fully saturated rings. The van der Waals surface area contributed by atoms with Gasteiger partial charge >= 0.3 is 0 Å². The number of pyridine rings is 1. The zero-order chi connectivity index (χ0) is 15.4. The highest BCUT2D eigenvalue weighted by molar-refractivity contribution is 5.88. The predicted molar refractivity (Wildman–Crippen MR) is 93.6 cm³/mol. The fourth-order valence-electron chi connectivity index (χ4n) is 3.53. The maximum absolute atomic E-state index is 12.5. The molecule has 2 aromatic carbocycles. The maximum Gasteiger partial charge on any atom is 0.256 e. The van der Waals surface area contributed by atoms with Gasteiger partial charge in [0.2, 0.25) is 0 Å². The standard InChI is InChI=1S/C20H14N2O/c23-19-12-11-15-10-9-14-5-1-2-6-16(14)13-21-17-7-3-4-8-18(17)22(19)20(15)21/h1-12H,13H2/b10-9-. The third-order valence-electron chi connectivity index (χ3n) is 4.59. The van der Waals surface area contributed by atoms with Crippen molar-refractivity contribution >= 4 is 28.8 Å². The Kier molecular flexibility index (Phi) is 2.42. The summed E-state index contributed by atoms with van der Waals surface area (Å²) in [5, 5.41) is 0. The van der Waals surface area contributed by atoms with Crippen LogP contribution in [0.2, 0.25) is 0 Å². The largest absolute Gasteiger partial charge is 0.321 e. The summed E-state index contributed by atoms with van der Waals surface area (Å²) in [5.74, 6) is 0. The zero-order valence-electron chi connectivity index (χ0n) is 12.4. The van der Waals surface area contributed by atoms with Crippen molar-refractivity contribution < 1.29 is 0 Å². The van der Waals surface area contributed by atoms with E-state index in [4.69, 9.17) is 0 Å². The summed E-state index contributed by atoms with van der Waals surface area (Å²) < 4.78 is 4.07. The van der Waals surface area contributed by atoms with Gasteiger partial charge in [-0.25, -0.2) is 0 Å². The van der Waals surface area contributed by atoms with Crippen molar-refractivity contribution in [1.82, 2.24) is 8.97 Å². The highest BCUT2D eigenvalue weighted by Crippen LogP contribution is 2.27. The molecule has 0 amide bonds. The number of hydrogen-bond donors (Lipinski definition) is 0.